The number of aromatic amines is 1. The van der Waals surface area contributed by atoms with Crippen molar-refractivity contribution < 1.29 is 18.7 Å². The average Bonchev–Trinajstić information content (AvgIpc) is 2.16. The summed E-state index contributed by atoms with van der Waals surface area (Å²) in [6.07, 6.45) is -3.36. The van der Waals surface area contributed by atoms with Crippen molar-refractivity contribution in [2.24, 2.45) is 5.73 Å². The molecule has 0 atom stereocenters. The number of halogens is 2. The highest BCUT2D eigenvalue weighted by atomic mass is 19.3. The molecule has 0 spiro atoms. The van der Waals surface area contributed by atoms with Crippen molar-refractivity contribution in [2.75, 3.05) is 0 Å². The lowest BCUT2D eigenvalue weighted by molar-refractivity contribution is -0.136. The van der Waals surface area contributed by atoms with Gasteiger partial charge in [-0.2, -0.15) is 0 Å². The summed E-state index contributed by atoms with van der Waals surface area (Å²) < 4.78 is 24.7. The highest BCUT2D eigenvalue weighted by molar-refractivity contribution is 5.70. The van der Waals surface area contributed by atoms with E-state index in [9.17, 15) is 18.4 Å². The van der Waals surface area contributed by atoms with E-state index in [2.05, 4.69) is 0 Å². The van der Waals surface area contributed by atoms with Gasteiger partial charge in [-0.1, -0.05) is 0 Å². The van der Waals surface area contributed by atoms with E-state index in [-0.39, 0.29) is 17.7 Å². The van der Waals surface area contributed by atoms with Gasteiger partial charge in [-0.3, -0.25) is 9.59 Å². The van der Waals surface area contributed by atoms with Crippen LogP contribution < -0.4 is 11.3 Å². The van der Waals surface area contributed by atoms with E-state index in [4.69, 9.17) is 10.8 Å². The zero-order valence-corrected chi connectivity index (χ0v) is 8.17. The Morgan fingerprint density at radius 3 is 2.62 bits per heavy atom. The molecule has 16 heavy (non-hydrogen) atoms. The zero-order valence-electron chi connectivity index (χ0n) is 8.17. The van der Waals surface area contributed by atoms with Crippen molar-refractivity contribution in [3.63, 3.8) is 0 Å². The number of nitrogens with two attached hydrogens (primary N) is 1. The molecule has 7 heteroatoms. The van der Waals surface area contributed by atoms with Gasteiger partial charge in [-0.05, 0) is 11.6 Å². The molecule has 0 saturated carbocycles. The number of hydrogen-bond donors (Lipinski definition) is 3. The predicted octanol–water partition coefficient (Wildman–Crippen LogP) is 0.398. The summed E-state index contributed by atoms with van der Waals surface area (Å²) in [5.74, 6) is -1.21. The smallest absolute Gasteiger partial charge is 0.307 e. The second-order valence-corrected chi connectivity index (χ2v) is 3.13. The van der Waals surface area contributed by atoms with E-state index in [1.54, 1.807) is 0 Å². The van der Waals surface area contributed by atoms with Crippen LogP contribution in [0.4, 0.5) is 8.78 Å². The van der Waals surface area contributed by atoms with E-state index in [1.807, 2.05) is 4.98 Å². The average molecular weight is 232 g/mol. The van der Waals surface area contributed by atoms with E-state index in [0.29, 0.717) is 0 Å². The summed E-state index contributed by atoms with van der Waals surface area (Å²) >= 11 is 0. The van der Waals surface area contributed by atoms with Gasteiger partial charge in [0, 0.05) is 12.1 Å². The molecular formula is C9H10F2N2O3. The van der Waals surface area contributed by atoms with Crippen LogP contribution in [0.5, 0.6) is 0 Å². The molecular weight excluding hydrogens is 222 g/mol. The minimum atomic E-state index is -2.85. The molecule has 1 aromatic heterocycles. The number of pyridine rings is 1. The number of carboxylic acid groups (broad SMARTS) is 1. The summed E-state index contributed by atoms with van der Waals surface area (Å²) in [5.41, 5.74) is 3.93. The van der Waals surface area contributed by atoms with E-state index >= 15 is 0 Å². The molecule has 5 nitrogen and oxygen atoms in total. The number of carbonyl (C=O) groups is 1. The van der Waals surface area contributed by atoms with Crippen LogP contribution in [-0.4, -0.2) is 16.1 Å². The number of alkyl halides is 2. The first kappa shape index (κ1) is 12.3. The molecule has 0 amide bonds. The fraction of sp³-hybridized carbons (Fsp3) is 0.333. The number of hydrogen-bond acceptors (Lipinski definition) is 3. The maximum Gasteiger partial charge on any atom is 0.307 e. The van der Waals surface area contributed by atoms with E-state index < -0.39 is 30.1 Å². The van der Waals surface area contributed by atoms with Crippen molar-refractivity contribution >= 4 is 5.97 Å². The van der Waals surface area contributed by atoms with Gasteiger partial charge >= 0.3 is 5.97 Å². The number of aliphatic carboxylic acids is 1. The number of aromatic nitrogens is 1. The Kier molecular flexibility index (Phi) is 3.73. The molecule has 0 fully saturated rings. The highest BCUT2D eigenvalue weighted by Crippen LogP contribution is 2.17. The zero-order chi connectivity index (χ0) is 12.3. The molecule has 0 bridgehead atoms. The van der Waals surface area contributed by atoms with Gasteiger partial charge in [0.1, 0.15) is 0 Å². The fourth-order valence-corrected chi connectivity index (χ4v) is 1.33. The molecule has 0 radical (unpaired) electrons. The molecule has 0 unspecified atom stereocenters. The summed E-state index contributed by atoms with van der Waals surface area (Å²) in [6.45, 7) is -0.193. The molecule has 4 N–H and O–H groups in total. The fourth-order valence-electron chi connectivity index (χ4n) is 1.33. The number of rotatable bonds is 4. The van der Waals surface area contributed by atoms with Crippen molar-refractivity contribution in [3.8, 4) is 0 Å². The molecule has 0 aliphatic rings. The van der Waals surface area contributed by atoms with Crippen molar-refractivity contribution in [1.82, 2.24) is 4.98 Å². The van der Waals surface area contributed by atoms with Crippen molar-refractivity contribution in [3.05, 3.63) is 33.2 Å². The van der Waals surface area contributed by atoms with E-state index in [1.165, 1.54) is 0 Å². The molecule has 0 saturated heterocycles. The first-order chi connectivity index (χ1) is 7.45. The Bertz CT molecular complexity index is 457. The largest absolute Gasteiger partial charge is 0.481 e. The molecule has 1 aromatic rings. The van der Waals surface area contributed by atoms with E-state index in [0.717, 1.165) is 6.07 Å². The van der Waals surface area contributed by atoms with Crippen molar-refractivity contribution in [2.45, 2.75) is 19.4 Å². The van der Waals surface area contributed by atoms with Gasteiger partial charge < -0.3 is 15.8 Å². The molecule has 88 valence electrons. The summed E-state index contributed by atoms with van der Waals surface area (Å²) in [7, 11) is 0. The predicted molar refractivity (Wildman–Crippen MR) is 51.3 cm³/mol. The van der Waals surface area contributed by atoms with Crippen LogP contribution in [0.25, 0.3) is 0 Å². The second kappa shape index (κ2) is 4.84. The van der Waals surface area contributed by atoms with Crippen LogP contribution in [0.3, 0.4) is 0 Å². The standard InChI is InChI=1S/C9H10F2N2O3/c10-8(11)6-1-4(2-7(14)15)5(3-12)9(16)13-6/h1,8H,2-3,12H2,(H,13,16)(H,14,15). The monoisotopic (exact) mass is 232 g/mol. The van der Waals surface area contributed by atoms with Gasteiger partial charge in [-0.15, -0.1) is 0 Å². The topological polar surface area (TPSA) is 96.2 Å². The van der Waals surface area contributed by atoms with Crippen LogP contribution in [0.15, 0.2) is 10.9 Å². The Balaban J connectivity index is 3.30. The highest BCUT2D eigenvalue weighted by Gasteiger charge is 2.15. The van der Waals surface area contributed by atoms with Crippen LogP contribution in [0.1, 0.15) is 23.2 Å². The summed E-state index contributed by atoms with van der Waals surface area (Å²) in [5, 5.41) is 8.57. The Morgan fingerprint density at radius 1 is 1.56 bits per heavy atom. The Hall–Kier alpha value is -1.76. The molecule has 1 heterocycles. The second-order valence-electron chi connectivity index (χ2n) is 3.13. The van der Waals surface area contributed by atoms with Gasteiger partial charge in [-0.25, -0.2) is 8.78 Å². The SMILES string of the molecule is NCc1c(CC(=O)O)cc(C(F)F)[nH]c1=O. The lowest BCUT2D eigenvalue weighted by Crippen LogP contribution is -2.22. The lowest BCUT2D eigenvalue weighted by Gasteiger charge is -2.07. The van der Waals surface area contributed by atoms with Crippen molar-refractivity contribution in [1.29, 1.82) is 0 Å². The molecule has 0 aliphatic heterocycles. The van der Waals surface area contributed by atoms with Gasteiger partial charge in [0.15, 0.2) is 0 Å². The Labute approximate surface area is 88.9 Å². The van der Waals surface area contributed by atoms with Crippen LogP contribution in [0, 0.1) is 0 Å². The molecule has 0 aromatic carbocycles. The first-order valence-electron chi connectivity index (χ1n) is 4.40. The molecule has 0 aliphatic carbocycles. The number of nitrogens with one attached hydrogen (secondary N) is 1. The number of H-pyrrole nitrogens is 1. The minimum Gasteiger partial charge on any atom is -0.481 e. The van der Waals surface area contributed by atoms with Crippen LogP contribution in [0.2, 0.25) is 0 Å². The van der Waals surface area contributed by atoms with Gasteiger partial charge in [0.2, 0.25) is 0 Å². The third-order valence-electron chi connectivity index (χ3n) is 2.03. The van der Waals surface area contributed by atoms with Gasteiger partial charge in [0.25, 0.3) is 12.0 Å². The maximum atomic E-state index is 12.4. The van der Waals surface area contributed by atoms with Crippen LogP contribution in [-0.2, 0) is 17.8 Å². The maximum absolute atomic E-state index is 12.4. The summed E-state index contributed by atoms with van der Waals surface area (Å²) in [4.78, 5) is 23.8. The molecule has 1 rings (SSSR count). The third-order valence-corrected chi connectivity index (χ3v) is 2.03. The third kappa shape index (κ3) is 2.63. The normalized spacial score (nSPS) is 10.8. The van der Waals surface area contributed by atoms with Crippen LogP contribution >= 0.6 is 0 Å². The summed E-state index contributed by atoms with van der Waals surface area (Å²) in [6, 6.07) is 0.961. The minimum absolute atomic E-state index is 0.0202. The quantitative estimate of drug-likeness (QED) is 0.700. The first-order valence-corrected chi connectivity index (χ1v) is 4.40. The Morgan fingerprint density at radius 2 is 2.19 bits per heavy atom. The van der Waals surface area contributed by atoms with Gasteiger partial charge in [0.05, 0.1) is 12.1 Å². The lowest BCUT2D eigenvalue weighted by atomic mass is 10.1. The number of carboxylic acids is 1.